The highest BCUT2D eigenvalue weighted by Gasteiger charge is 2.41. The summed E-state index contributed by atoms with van der Waals surface area (Å²) in [7, 11) is 0. The van der Waals surface area contributed by atoms with Gasteiger partial charge in [0, 0.05) is 45.1 Å². The highest BCUT2D eigenvalue weighted by atomic mass is 16.2. The number of hydrogen-bond donors (Lipinski definition) is 1. The standard InChI is InChI=1S/C20H29N3O2/c1-2-22-15-20(9-8-18(22)24)10-12-23(13-11-20)19(25)14-17(21)16-6-4-3-5-7-16/h3-7,17H,2,8-15,21H2,1H3. The summed E-state index contributed by atoms with van der Waals surface area (Å²) in [6.07, 6.45) is 3.96. The van der Waals surface area contributed by atoms with Crippen LogP contribution in [0, 0.1) is 5.41 Å². The Morgan fingerprint density at radius 1 is 1.20 bits per heavy atom. The molecule has 0 aromatic heterocycles. The number of hydrogen-bond acceptors (Lipinski definition) is 3. The Kier molecular flexibility index (Phi) is 5.42. The van der Waals surface area contributed by atoms with Crippen LogP contribution in [0.15, 0.2) is 30.3 Å². The summed E-state index contributed by atoms with van der Waals surface area (Å²) in [6, 6.07) is 9.56. The number of piperidine rings is 2. The van der Waals surface area contributed by atoms with Crippen molar-refractivity contribution in [3.8, 4) is 0 Å². The van der Waals surface area contributed by atoms with Crippen molar-refractivity contribution in [3.63, 3.8) is 0 Å². The number of carbonyl (C=O) groups excluding carboxylic acids is 2. The molecule has 5 heteroatoms. The normalized spacial score (nSPS) is 21.4. The maximum absolute atomic E-state index is 12.6. The third kappa shape index (κ3) is 4.03. The Bertz CT molecular complexity index is 609. The van der Waals surface area contributed by atoms with Crippen molar-refractivity contribution in [2.75, 3.05) is 26.2 Å². The van der Waals surface area contributed by atoms with Crippen LogP contribution in [-0.2, 0) is 9.59 Å². The van der Waals surface area contributed by atoms with Crippen molar-refractivity contribution in [2.24, 2.45) is 11.1 Å². The number of benzene rings is 1. The van der Waals surface area contributed by atoms with Crippen LogP contribution in [0.4, 0.5) is 0 Å². The van der Waals surface area contributed by atoms with E-state index in [9.17, 15) is 9.59 Å². The van der Waals surface area contributed by atoms with Crippen LogP contribution in [-0.4, -0.2) is 47.8 Å². The lowest BCUT2D eigenvalue weighted by atomic mass is 9.72. The van der Waals surface area contributed by atoms with Crippen LogP contribution < -0.4 is 5.73 Å². The molecule has 2 fully saturated rings. The maximum atomic E-state index is 12.6. The number of likely N-dealkylation sites (tertiary alicyclic amines) is 2. The van der Waals surface area contributed by atoms with E-state index in [1.54, 1.807) is 0 Å². The first-order chi connectivity index (χ1) is 12.0. The summed E-state index contributed by atoms with van der Waals surface area (Å²) in [5.74, 6) is 0.422. The number of amides is 2. The van der Waals surface area contributed by atoms with E-state index < -0.39 is 0 Å². The monoisotopic (exact) mass is 343 g/mol. The Morgan fingerprint density at radius 3 is 2.52 bits per heavy atom. The van der Waals surface area contributed by atoms with Crippen molar-refractivity contribution in [3.05, 3.63) is 35.9 Å². The molecule has 2 saturated heterocycles. The minimum atomic E-state index is -0.243. The van der Waals surface area contributed by atoms with Gasteiger partial charge in [-0.05, 0) is 37.2 Å². The van der Waals surface area contributed by atoms with Crippen molar-refractivity contribution < 1.29 is 9.59 Å². The van der Waals surface area contributed by atoms with Gasteiger partial charge < -0.3 is 15.5 Å². The minimum Gasteiger partial charge on any atom is -0.343 e. The molecule has 1 unspecified atom stereocenters. The minimum absolute atomic E-state index is 0.144. The van der Waals surface area contributed by atoms with Crippen LogP contribution in [0.25, 0.3) is 0 Å². The van der Waals surface area contributed by atoms with Crippen LogP contribution >= 0.6 is 0 Å². The first kappa shape index (κ1) is 17.9. The second-order valence-electron chi connectivity index (χ2n) is 7.51. The summed E-state index contributed by atoms with van der Waals surface area (Å²) >= 11 is 0. The zero-order chi connectivity index (χ0) is 17.9. The molecule has 2 N–H and O–H groups in total. The molecule has 3 rings (SSSR count). The zero-order valence-corrected chi connectivity index (χ0v) is 15.1. The lowest BCUT2D eigenvalue weighted by molar-refractivity contribution is -0.142. The summed E-state index contributed by atoms with van der Waals surface area (Å²) < 4.78 is 0. The molecule has 2 aliphatic heterocycles. The second kappa shape index (κ2) is 7.56. The topological polar surface area (TPSA) is 66.6 Å². The van der Waals surface area contributed by atoms with E-state index >= 15 is 0 Å². The molecule has 2 heterocycles. The average Bonchev–Trinajstić information content (AvgIpc) is 2.65. The molecular weight excluding hydrogens is 314 g/mol. The molecule has 0 aliphatic carbocycles. The summed E-state index contributed by atoms with van der Waals surface area (Å²) in [4.78, 5) is 28.5. The van der Waals surface area contributed by atoms with Crippen molar-refractivity contribution >= 4 is 11.8 Å². The molecular formula is C20H29N3O2. The number of rotatable bonds is 4. The van der Waals surface area contributed by atoms with Gasteiger partial charge in [0.15, 0.2) is 0 Å². The molecule has 136 valence electrons. The second-order valence-corrected chi connectivity index (χ2v) is 7.51. The molecule has 1 atom stereocenters. The van der Waals surface area contributed by atoms with Crippen LogP contribution in [0.3, 0.4) is 0 Å². The summed E-state index contributed by atoms with van der Waals surface area (Å²) in [5, 5.41) is 0. The van der Waals surface area contributed by atoms with Gasteiger partial charge in [-0.3, -0.25) is 9.59 Å². The van der Waals surface area contributed by atoms with Gasteiger partial charge in [-0.15, -0.1) is 0 Å². The average molecular weight is 343 g/mol. The molecule has 5 nitrogen and oxygen atoms in total. The van der Waals surface area contributed by atoms with E-state index in [0.717, 1.165) is 51.0 Å². The molecule has 2 aliphatic rings. The predicted molar refractivity (Wildman–Crippen MR) is 97.7 cm³/mol. The van der Waals surface area contributed by atoms with Crippen molar-refractivity contribution in [1.29, 1.82) is 0 Å². The number of nitrogens with two attached hydrogens (primary N) is 1. The Morgan fingerprint density at radius 2 is 1.88 bits per heavy atom. The first-order valence-electron chi connectivity index (χ1n) is 9.39. The SMILES string of the molecule is CCN1CC2(CCC1=O)CCN(C(=O)CC(N)c1ccccc1)CC2. The van der Waals surface area contributed by atoms with Gasteiger partial charge in [-0.2, -0.15) is 0 Å². The van der Waals surface area contributed by atoms with Gasteiger partial charge in [0.2, 0.25) is 11.8 Å². The van der Waals surface area contributed by atoms with Crippen LogP contribution in [0.5, 0.6) is 0 Å². The van der Waals surface area contributed by atoms with Crippen molar-refractivity contribution in [1.82, 2.24) is 9.80 Å². The number of nitrogens with zero attached hydrogens (tertiary/aromatic N) is 2. The largest absolute Gasteiger partial charge is 0.343 e. The first-order valence-corrected chi connectivity index (χ1v) is 9.39. The maximum Gasteiger partial charge on any atom is 0.224 e. The van der Waals surface area contributed by atoms with Gasteiger partial charge in [0.25, 0.3) is 0 Å². The van der Waals surface area contributed by atoms with Gasteiger partial charge in [-0.25, -0.2) is 0 Å². The van der Waals surface area contributed by atoms with E-state index in [4.69, 9.17) is 5.73 Å². The lowest BCUT2D eigenvalue weighted by Gasteiger charge is -2.47. The van der Waals surface area contributed by atoms with E-state index in [1.165, 1.54) is 0 Å². The zero-order valence-electron chi connectivity index (χ0n) is 15.1. The number of carbonyl (C=O) groups is 2. The molecule has 2 amide bonds. The third-order valence-electron chi connectivity index (χ3n) is 5.93. The van der Waals surface area contributed by atoms with E-state index in [0.29, 0.717) is 12.8 Å². The Balaban J connectivity index is 1.53. The predicted octanol–water partition coefficient (Wildman–Crippen LogP) is 2.33. The van der Waals surface area contributed by atoms with Gasteiger partial charge in [0.05, 0.1) is 0 Å². The molecule has 0 saturated carbocycles. The van der Waals surface area contributed by atoms with Crippen molar-refractivity contribution in [2.45, 2.75) is 45.1 Å². The summed E-state index contributed by atoms with van der Waals surface area (Å²) in [5.41, 5.74) is 7.42. The molecule has 0 bridgehead atoms. The lowest BCUT2D eigenvalue weighted by Crippen LogP contribution is -2.52. The third-order valence-corrected chi connectivity index (χ3v) is 5.93. The smallest absolute Gasteiger partial charge is 0.224 e. The fourth-order valence-corrected chi connectivity index (χ4v) is 4.16. The molecule has 1 aromatic carbocycles. The summed E-state index contributed by atoms with van der Waals surface area (Å²) in [6.45, 7) is 5.25. The van der Waals surface area contributed by atoms with E-state index in [2.05, 4.69) is 0 Å². The van der Waals surface area contributed by atoms with Gasteiger partial charge >= 0.3 is 0 Å². The van der Waals surface area contributed by atoms with E-state index in [1.807, 2.05) is 47.1 Å². The highest BCUT2D eigenvalue weighted by molar-refractivity contribution is 5.78. The van der Waals surface area contributed by atoms with Crippen LogP contribution in [0.1, 0.15) is 50.6 Å². The molecule has 1 spiro atoms. The van der Waals surface area contributed by atoms with E-state index in [-0.39, 0.29) is 23.3 Å². The molecule has 1 aromatic rings. The van der Waals surface area contributed by atoms with Gasteiger partial charge in [0.1, 0.15) is 0 Å². The fourth-order valence-electron chi connectivity index (χ4n) is 4.16. The molecule has 0 radical (unpaired) electrons. The quantitative estimate of drug-likeness (QED) is 0.912. The Hall–Kier alpha value is -1.88. The highest BCUT2D eigenvalue weighted by Crippen LogP contribution is 2.40. The van der Waals surface area contributed by atoms with Gasteiger partial charge in [-0.1, -0.05) is 30.3 Å². The van der Waals surface area contributed by atoms with Crippen LogP contribution in [0.2, 0.25) is 0 Å². The molecule has 25 heavy (non-hydrogen) atoms. The Labute approximate surface area is 150 Å². The fraction of sp³-hybridized carbons (Fsp3) is 0.600.